The Morgan fingerprint density at radius 3 is 1.33 bits per heavy atom. The molecule has 0 atom stereocenters. The number of thiophene rings is 1. The molecule has 21 heavy (non-hydrogen) atoms. The minimum atomic E-state index is -0.708. The molecule has 0 N–H and O–H groups in total. The Hall–Kier alpha value is -0.780. The molecule has 0 saturated heterocycles. The second kappa shape index (κ2) is 6.15. The van der Waals surface area contributed by atoms with Crippen molar-refractivity contribution >= 4 is 46.5 Å². The van der Waals surface area contributed by atoms with Crippen LogP contribution in [0, 0.1) is 0 Å². The molecule has 0 bridgehead atoms. The lowest BCUT2D eigenvalue weighted by molar-refractivity contribution is 0.00202. The van der Waals surface area contributed by atoms with Gasteiger partial charge in [0.25, 0.3) is 0 Å². The van der Waals surface area contributed by atoms with Gasteiger partial charge >= 0.3 is 11.9 Å². The Balaban J connectivity index is 3.22. The van der Waals surface area contributed by atoms with Gasteiger partial charge < -0.3 is 9.47 Å². The Morgan fingerprint density at radius 2 is 1.10 bits per heavy atom. The van der Waals surface area contributed by atoms with Crippen LogP contribution in [-0.4, -0.2) is 23.1 Å². The van der Waals surface area contributed by atoms with Gasteiger partial charge in [0.05, 0.1) is 0 Å². The van der Waals surface area contributed by atoms with Gasteiger partial charge in [-0.1, -0.05) is 23.2 Å². The van der Waals surface area contributed by atoms with Gasteiger partial charge in [-0.15, -0.1) is 11.3 Å². The Kier molecular flexibility index (Phi) is 5.35. The molecular weight excluding hydrogens is 335 g/mol. The maximum absolute atomic E-state index is 12.2. The molecule has 0 aromatic carbocycles. The molecule has 7 heteroatoms. The van der Waals surface area contributed by atoms with E-state index in [0.29, 0.717) is 0 Å². The van der Waals surface area contributed by atoms with E-state index < -0.39 is 23.1 Å². The van der Waals surface area contributed by atoms with Gasteiger partial charge in [0.15, 0.2) is 0 Å². The normalized spacial score (nSPS) is 12.2. The first-order chi connectivity index (χ1) is 9.32. The summed E-state index contributed by atoms with van der Waals surface area (Å²) in [6.07, 6.45) is 0. The first kappa shape index (κ1) is 18.3. The molecule has 0 amide bonds. The number of carbonyl (C=O) groups is 2. The van der Waals surface area contributed by atoms with Crippen molar-refractivity contribution in [3.63, 3.8) is 0 Å². The summed E-state index contributed by atoms with van der Waals surface area (Å²) in [5, 5.41) is 0. The third-order valence-electron chi connectivity index (χ3n) is 2.03. The number of hydrogen-bond acceptors (Lipinski definition) is 5. The zero-order valence-electron chi connectivity index (χ0n) is 12.8. The van der Waals surface area contributed by atoms with E-state index in [1.807, 2.05) is 0 Å². The van der Waals surface area contributed by atoms with Crippen LogP contribution in [0.5, 0.6) is 0 Å². The first-order valence-corrected chi connectivity index (χ1v) is 7.83. The molecule has 0 radical (unpaired) electrons. The molecule has 0 spiro atoms. The number of ether oxygens (including phenoxy) is 2. The van der Waals surface area contributed by atoms with Gasteiger partial charge in [-0.3, -0.25) is 0 Å². The van der Waals surface area contributed by atoms with E-state index >= 15 is 0 Å². The van der Waals surface area contributed by atoms with E-state index in [9.17, 15) is 9.59 Å². The SMILES string of the molecule is CC(C)(C)OC(=O)c1c(Cl)sc(Cl)c1C(=O)OC(C)(C)C. The summed E-state index contributed by atoms with van der Waals surface area (Å²) in [6, 6.07) is 0. The van der Waals surface area contributed by atoms with Crippen LogP contribution in [0.3, 0.4) is 0 Å². The van der Waals surface area contributed by atoms with Crippen LogP contribution in [0.15, 0.2) is 0 Å². The van der Waals surface area contributed by atoms with Crippen molar-refractivity contribution < 1.29 is 19.1 Å². The van der Waals surface area contributed by atoms with E-state index in [2.05, 4.69) is 0 Å². The van der Waals surface area contributed by atoms with Gasteiger partial charge in [0, 0.05) is 0 Å². The largest absolute Gasteiger partial charge is 0.456 e. The topological polar surface area (TPSA) is 52.6 Å². The van der Waals surface area contributed by atoms with Crippen molar-refractivity contribution in [1.29, 1.82) is 0 Å². The van der Waals surface area contributed by atoms with Gasteiger partial charge in [0.1, 0.15) is 31.0 Å². The molecule has 0 aliphatic heterocycles. The molecule has 1 rings (SSSR count). The molecule has 0 aliphatic rings. The predicted molar refractivity (Wildman–Crippen MR) is 84.7 cm³/mol. The van der Waals surface area contributed by atoms with E-state index in [-0.39, 0.29) is 19.8 Å². The number of rotatable bonds is 2. The molecule has 118 valence electrons. The van der Waals surface area contributed by atoms with Crippen LogP contribution in [-0.2, 0) is 9.47 Å². The van der Waals surface area contributed by atoms with E-state index in [1.165, 1.54) is 0 Å². The lowest BCUT2D eigenvalue weighted by atomic mass is 10.1. The van der Waals surface area contributed by atoms with Crippen LogP contribution in [0.25, 0.3) is 0 Å². The maximum atomic E-state index is 12.2. The highest BCUT2D eigenvalue weighted by molar-refractivity contribution is 7.20. The summed E-state index contributed by atoms with van der Waals surface area (Å²) in [7, 11) is 0. The van der Waals surface area contributed by atoms with Crippen molar-refractivity contribution in [2.45, 2.75) is 52.7 Å². The number of halogens is 2. The van der Waals surface area contributed by atoms with E-state index in [1.54, 1.807) is 41.5 Å². The van der Waals surface area contributed by atoms with Crippen molar-refractivity contribution in [2.24, 2.45) is 0 Å². The summed E-state index contributed by atoms with van der Waals surface area (Å²) in [4.78, 5) is 24.4. The zero-order chi connectivity index (χ0) is 16.6. The Bertz CT molecular complexity index is 516. The van der Waals surface area contributed by atoms with Gasteiger partial charge in [-0.25, -0.2) is 9.59 Å². The van der Waals surface area contributed by atoms with Crippen molar-refractivity contribution in [1.82, 2.24) is 0 Å². The lowest BCUT2D eigenvalue weighted by Gasteiger charge is -2.21. The monoisotopic (exact) mass is 352 g/mol. The average Bonchev–Trinajstić information content (AvgIpc) is 2.47. The molecule has 1 aromatic heterocycles. The summed E-state index contributed by atoms with van der Waals surface area (Å²) < 4.78 is 10.7. The lowest BCUT2D eigenvalue weighted by Crippen LogP contribution is -2.27. The van der Waals surface area contributed by atoms with Crippen molar-refractivity contribution in [3.05, 3.63) is 19.8 Å². The van der Waals surface area contributed by atoms with E-state index in [0.717, 1.165) is 11.3 Å². The highest BCUT2D eigenvalue weighted by Gasteiger charge is 2.32. The fourth-order valence-corrected chi connectivity index (χ4v) is 3.06. The van der Waals surface area contributed by atoms with E-state index in [4.69, 9.17) is 32.7 Å². The fourth-order valence-electron chi connectivity index (χ4n) is 1.40. The van der Waals surface area contributed by atoms with Crippen LogP contribution in [0.4, 0.5) is 0 Å². The standard InChI is InChI=1S/C14H18Cl2O4S/c1-13(2,3)19-11(17)7-8(10(16)21-9(7)15)12(18)20-14(4,5)6/h1-6H3. The van der Waals surface area contributed by atoms with Gasteiger partial charge in [-0.2, -0.15) is 0 Å². The molecular formula is C14H18Cl2O4S. The molecule has 4 nitrogen and oxygen atoms in total. The van der Waals surface area contributed by atoms with Crippen LogP contribution >= 0.6 is 34.5 Å². The summed E-state index contributed by atoms with van der Waals surface area (Å²) in [5.74, 6) is -1.40. The molecule has 1 aromatic rings. The number of carbonyl (C=O) groups excluding carboxylic acids is 2. The first-order valence-electron chi connectivity index (χ1n) is 6.26. The molecule has 1 heterocycles. The predicted octanol–water partition coefficient (Wildman–Crippen LogP) is 4.97. The van der Waals surface area contributed by atoms with Crippen LogP contribution in [0.2, 0.25) is 8.67 Å². The Labute approximate surface area is 138 Å². The second-order valence-electron chi connectivity index (χ2n) is 6.40. The second-order valence-corrected chi connectivity index (χ2v) is 8.63. The third kappa shape index (κ3) is 5.16. The third-order valence-corrected chi connectivity index (χ3v) is 3.64. The summed E-state index contributed by atoms with van der Waals surface area (Å²) in [5.41, 5.74) is -1.51. The van der Waals surface area contributed by atoms with Gasteiger partial charge in [0.2, 0.25) is 0 Å². The van der Waals surface area contributed by atoms with Crippen molar-refractivity contribution in [2.75, 3.05) is 0 Å². The van der Waals surface area contributed by atoms with Crippen LogP contribution < -0.4 is 0 Å². The molecule has 0 aliphatic carbocycles. The highest BCUT2D eigenvalue weighted by Crippen LogP contribution is 2.38. The zero-order valence-corrected chi connectivity index (χ0v) is 15.1. The fraction of sp³-hybridized carbons (Fsp3) is 0.571. The minimum absolute atomic E-state index is 0.0455. The molecule has 0 unspecified atom stereocenters. The highest BCUT2D eigenvalue weighted by atomic mass is 35.5. The maximum Gasteiger partial charge on any atom is 0.342 e. The number of esters is 2. The molecule has 0 fully saturated rings. The summed E-state index contributed by atoms with van der Waals surface area (Å²) in [6.45, 7) is 10.3. The smallest absolute Gasteiger partial charge is 0.342 e. The summed E-state index contributed by atoms with van der Waals surface area (Å²) >= 11 is 13.0. The van der Waals surface area contributed by atoms with Crippen LogP contribution in [0.1, 0.15) is 62.3 Å². The quantitative estimate of drug-likeness (QED) is 0.705. The minimum Gasteiger partial charge on any atom is -0.456 e. The average molecular weight is 353 g/mol. The number of hydrogen-bond donors (Lipinski definition) is 0. The Morgan fingerprint density at radius 1 is 0.810 bits per heavy atom. The van der Waals surface area contributed by atoms with Crippen molar-refractivity contribution in [3.8, 4) is 0 Å². The molecule has 0 saturated carbocycles. The van der Waals surface area contributed by atoms with Gasteiger partial charge in [-0.05, 0) is 41.5 Å².